The highest BCUT2D eigenvalue weighted by Gasteiger charge is 2.06. The zero-order chi connectivity index (χ0) is 8.97. The molecule has 12 heavy (non-hydrogen) atoms. The van der Waals surface area contributed by atoms with Crippen molar-refractivity contribution in [1.29, 1.82) is 0 Å². The van der Waals surface area contributed by atoms with Gasteiger partial charge in [-0.3, -0.25) is 0 Å². The summed E-state index contributed by atoms with van der Waals surface area (Å²) in [6, 6.07) is 0. The molecule has 0 unspecified atom stereocenters. The fourth-order valence-electron chi connectivity index (χ4n) is 1.13. The van der Waals surface area contributed by atoms with E-state index in [-0.39, 0.29) is 0 Å². The molecule has 0 atom stereocenters. The Bertz CT molecular complexity index is 235. The Morgan fingerprint density at radius 3 is 2.92 bits per heavy atom. The molecule has 1 aromatic rings. The van der Waals surface area contributed by atoms with E-state index in [1.54, 1.807) is 0 Å². The van der Waals surface area contributed by atoms with Gasteiger partial charge in [0, 0.05) is 0 Å². The first-order chi connectivity index (χ1) is 5.77. The summed E-state index contributed by atoms with van der Waals surface area (Å²) in [7, 11) is 2.14. The molecule has 1 heterocycles. The predicted octanol–water partition coefficient (Wildman–Crippen LogP) is 0.914. The lowest BCUT2D eigenvalue weighted by molar-refractivity contribution is -0.528. The second-order valence-corrected chi connectivity index (χ2v) is 2.96. The van der Waals surface area contributed by atoms with Crippen molar-refractivity contribution in [1.82, 2.24) is 4.48 Å². The molecule has 0 saturated heterocycles. The van der Waals surface area contributed by atoms with Gasteiger partial charge in [-0.05, 0) is 0 Å². The Kier molecular flexibility index (Phi) is 3.32. The summed E-state index contributed by atoms with van der Waals surface area (Å²) in [5, 5.41) is 0. The third-order valence-electron chi connectivity index (χ3n) is 1.96. The zero-order valence-electron chi connectivity index (χ0n) is 7.90. The maximum Gasteiger partial charge on any atom is 0.335 e. The molecule has 1 aromatic heterocycles. The number of hydrogen-bond donors (Lipinski definition) is 0. The van der Waals surface area contributed by atoms with Crippen LogP contribution in [-0.4, -0.2) is 18.7 Å². The topological polar surface area (TPSA) is 8.81 Å². The maximum absolute atomic E-state index is 4.04. The number of hydrogen-bond acceptors (Lipinski definition) is 0. The van der Waals surface area contributed by atoms with Gasteiger partial charge in [-0.25, -0.2) is 0 Å². The smallest absolute Gasteiger partial charge is 0.335 e. The minimum absolute atomic E-state index is 0.358. The van der Waals surface area contributed by atoms with Crippen LogP contribution in [0.3, 0.4) is 0 Å². The summed E-state index contributed by atoms with van der Waals surface area (Å²) in [6.07, 6.45) is 8.32. The molecule has 0 N–H and O–H groups in total. The van der Waals surface area contributed by atoms with E-state index in [9.17, 15) is 0 Å². The molecule has 1 rings (SSSR count). The maximum atomic E-state index is 4.04. The van der Waals surface area contributed by atoms with Gasteiger partial charge in [-0.2, -0.15) is 6.32 Å². The summed E-state index contributed by atoms with van der Waals surface area (Å²) in [5.41, 5.74) is 0. The number of nitrogens with zero attached hydrogens (tertiary/aromatic N) is 2. The zero-order valence-corrected chi connectivity index (χ0v) is 7.90. The highest BCUT2D eigenvalue weighted by atomic mass is 15.0. The highest BCUT2D eigenvalue weighted by Crippen LogP contribution is 1.93. The Hall–Kier alpha value is -0.790. The van der Waals surface area contributed by atoms with Gasteiger partial charge in [0.1, 0.15) is 6.33 Å². The van der Waals surface area contributed by atoms with Crippen molar-refractivity contribution in [3.05, 3.63) is 25.5 Å². The Labute approximate surface area is 76.0 Å². The molecule has 0 saturated carbocycles. The lowest BCUT2D eigenvalue weighted by Crippen LogP contribution is -2.37. The van der Waals surface area contributed by atoms with E-state index >= 15 is 0 Å². The van der Waals surface area contributed by atoms with E-state index in [1.807, 2.05) is 0 Å². The summed E-state index contributed by atoms with van der Waals surface area (Å²) in [4.78, 5) is 0. The van der Waals surface area contributed by atoms with Gasteiger partial charge < -0.3 is 8.96 Å². The molecule has 3 radical (unpaired) electrons. The molecule has 0 aliphatic heterocycles. The first kappa shape index (κ1) is 9.30. The van der Waals surface area contributed by atoms with Crippen molar-refractivity contribution in [2.75, 3.05) is 0 Å². The average Bonchev–Trinajstić information content (AvgIpc) is 2.52. The fraction of sp³-hybridized carbons (Fsp3) is 0.500. The van der Waals surface area contributed by atoms with Crippen LogP contribution >= 0.6 is 0 Å². The van der Waals surface area contributed by atoms with Crippen LogP contribution in [0, 0.1) is 6.82 Å². The van der Waals surface area contributed by atoms with Crippen molar-refractivity contribution in [3.8, 4) is 0 Å². The van der Waals surface area contributed by atoms with Crippen LogP contribution in [0.5, 0.6) is 0 Å². The van der Waals surface area contributed by atoms with Crippen LogP contribution < -0.4 is 4.48 Å². The molecule has 0 fully saturated rings. The summed E-state index contributed by atoms with van der Waals surface area (Å²) in [5.74, 6) is 0. The van der Waals surface area contributed by atoms with Gasteiger partial charge in [-0.15, -0.1) is 13.1 Å². The minimum atomic E-state index is 0.358. The molecule has 4 heteroatoms. The molecular formula is C8H15B2N2. The third-order valence-corrected chi connectivity index (χ3v) is 1.96. The standard InChI is InChI=1S/C8H15B2N2/c1-4-9-11-6-7-12(8-11)10(3)5-2/h6-8H,3-5H2,1-2H3. The molecule has 0 aliphatic rings. The molecule has 0 spiro atoms. The van der Waals surface area contributed by atoms with Gasteiger partial charge in [0.05, 0.1) is 12.4 Å². The number of imidazole rings is 1. The summed E-state index contributed by atoms with van der Waals surface area (Å²) >= 11 is 0. The fourth-order valence-corrected chi connectivity index (χ4v) is 1.13. The van der Waals surface area contributed by atoms with Gasteiger partial charge in [-0.1, -0.05) is 21.3 Å². The average molecular weight is 161 g/mol. The van der Waals surface area contributed by atoms with E-state index < -0.39 is 0 Å². The number of aromatic nitrogens is 2. The summed E-state index contributed by atoms with van der Waals surface area (Å²) < 4.78 is 4.21. The van der Waals surface area contributed by atoms with Crippen LogP contribution in [0.2, 0.25) is 12.6 Å². The van der Waals surface area contributed by atoms with Crippen LogP contribution in [-0.2, 0) is 0 Å². The van der Waals surface area contributed by atoms with Gasteiger partial charge >= 0.3 is 6.85 Å². The summed E-state index contributed by atoms with van der Waals surface area (Å²) in [6.45, 7) is 8.67. The van der Waals surface area contributed by atoms with E-state index in [0.717, 1.165) is 12.6 Å². The second kappa shape index (κ2) is 4.29. The molecule has 2 nitrogen and oxygen atoms in total. The second-order valence-electron chi connectivity index (χ2n) is 2.96. The predicted molar refractivity (Wildman–Crippen MR) is 53.3 cm³/mol. The van der Waals surface area contributed by atoms with Crippen molar-refractivity contribution in [3.63, 3.8) is 0 Å². The largest absolute Gasteiger partial charge is 0.500 e. The Morgan fingerprint density at radius 2 is 2.33 bits per heavy atom. The van der Waals surface area contributed by atoms with Gasteiger partial charge in [0.2, 0.25) is 0 Å². The monoisotopic (exact) mass is 161 g/mol. The van der Waals surface area contributed by atoms with Crippen LogP contribution in [0.4, 0.5) is 0 Å². The first-order valence-corrected chi connectivity index (χ1v) is 4.52. The Balaban J connectivity index is 2.63. The van der Waals surface area contributed by atoms with Crippen molar-refractivity contribution in [2.45, 2.75) is 26.5 Å². The van der Waals surface area contributed by atoms with E-state index in [2.05, 4.69) is 55.8 Å². The molecule has 0 aromatic carbocycles. The van der Waals surface area contributed by atoms with Gasteiger partial charge in [0.25, 0.3) is 0 Å². The van der Waals surface area contributed by atoms with Crippen LogP contribution in [0.15, 0.2) is 18.7 Å². The minimum Gasteiger partial charge on any atom is -0.500 e. The molecule has 0 aliphatic carbocycles. The third kappa shape index (κ3) is 2.10. The first-order valence-electron chi connectivity index (χ1n) is 4.52. The van der Waals surface area contributed by atoms with E-state index in [4.69, 9.17) is 0 Å². The van der Waals surface area contributed by atoms with E-state index in [0.29, 0.717) is 6.85 Å². The van der Waals surface area contributed by atoms with Crippen LogP contribution in [0.25, 0.3) is 0 Å². The van der Waals surface area contributed by atoms with Crippen molar-refractivity contribution < 1.29 is 4.48 Å². The molecule has 63 valence electrons. The highest BCUT2D eigenvalue weighted by molar-refractivity contribution is 6.58. The quantitative estimate of drug-likeness (QED) is 0.458. The van der Waals surface area contributed by atoms with Crippen molar-refractivity contribution in [2.24, 2.45) is 0 Å². The van der Waals surface area contributed by atoms with Crippen molar-refractivity contribution >= 4 is 14.3 Å². The molecule has 0 bridgehead atoms. The van der Waals surface area contributed by atoms with E-state index in [1.165, 1.54) is 0 Å². The Morgan fingerprint density at radius 1 is 1.58 bits per heavy atom. The van der Waals surface area contributed by atoms with Crippen LogP contribution in [0.1, 0.15) is 13.8 Å². The lowest BCUT2D eigenvalue weighted by atomic mass is 9.62. The lowest BCUT2D eigenvalue weighted by Gasteiger charge is -2.08. The molecular weight excluding hydrogens is 146 g/mol. The van der Waals surface area contributed by atoms with Gasteiger partial charge in [0.15, 0.2) is 0 Å². The normalized spacial score (nSPS) is 10.9. The molecule has 0 amide bonds. The number of rotatable bonds is 4. The SMILES string of the molecule is [CH2+][B-](CC)n1cc[n+]([B-]CC)c1.